The number of carbonyl (C=O) groups is 1. The summed E-state index contributed by atoms with van der Waals surface area (Å²) in [5.74, 6) is -0.503. The van der Waals surface area contributed by atoms with Gasteiger partial charge in [-0.15, -0.1) is 0 Å². The molecule has 2 aliphatic heterocycles. The number of hydrogen-bond donors (Lipinski definition) is 4. The first-order valence-corrected chi connectivity index (χ1v) is 11.5. The summed E-state index contributed by atoms with van der Waals surface area (Å²) in [5, 5.41) is 0. The van der Waals surface area contributed by atoms with Crippen molar-refractivity contribution in [1.82, 2.24) is 30.0 Å². The van der Waals surface area contributed by atoms with Crippen LogP contribution in [0.5, 0.6) is 0 Å². The molecule has 1 aromatic carbocycles. The largest absolute Gasteiger partial charge is 0.339 e. The van der Waals surface area contributed by atoms with Crippen LogP contribution >= 0.6 is 0 Å². The maximum absolute atomic E-state index is 13.1. The molecule has 13 heteroatoms. The van der Waals surface area contributed by atoms with Crippen LogP contribution in [0.3, 0.4) is 0 Å². The van der Waals surface area contributed by atoms with Gasteiger partial charge in [-0.25, -0.2) is 28.5 Å². The van der Waals surface area contributed by atoms with Gasteiger partial charge in [0.15, 0.2) is 4.90 Å². The minimum Gasteiger partial charge on any atom is -0.339 e. The number of piperazine rings is 1. The molecule has 2 fully saturated rings. The van der Waals surface area contributed by atoms with E-state index in [0.717, 1.165) is 9.87 Å². The molecule has 3 heterocycles. The van der Waals surface area contributed by atoms with Crippen LogP contribution in [0.2, 0.25) is 0 Å². The third kappa shape index (κ3) is 4.24. The fourth-order valence-electron chi connectivity index (χ4n) is 4.03. The molecule has 32 heavy (non-hydrogen) atoms. The van der Waals surface area contributed by atoms with Crippen molar-refractivity contribution >= 4 is 15.9 Å². The van der Waals surface area contributed by atoms with E-state index < -0.39 is 32.2 Å². The lowest BCUT2D eigenvalue weighted by atomic mass is 10.0. The molecule has 2 unspecified atom stereocenters. The van der Waals surface area contributed by atoms with Crippen molar-refractivity contribution in [2.24, 2.45) is 0 Å². The number of nitrogens with one attached hydrogen (secondary N) is 4. The number of carbonyl (C=O) groups excluding carboxylic acids is 1. The van der Waals surface area contributed by atoms with E-state index in [2.05, 4.69) is 15.8 Å². The molecule has 172 valence electrons. The fraction of sp³-hybridized carbons (Fsp3) is 0.421. The van der Waals surface area contributed by atoms with Crippen molar-refractivity contribution in [3.05, 3.63) is 62.2 Å². The molecule has 2 saturated heterocycles. The van der Waals surface area contributed by atoms with Crippen LogP contribution in [-0.2, 0) is 14.8 Å². The Morgan fingerprint density at radius 3 is 2.31 bits per heavy atom. The van der Waals surface area contributed by atoms with Crippen molar-refractivity contribution in [3.8, 4) is 0 Å². The first-order chi connectivity index (χ1) is 15.2. The molecule has 4 rings (SSSR count). The molecule has 11 nitrogen and oxygen atoms in total. The topological polar surface area (TPSA) is 147 Å². The highest BCUT2D eigenvalue weighted by Crippen LogP contribution is 2.24. The van der Waals surface area contributed by atoms with Crippen molar-refractivity contribution in [2.75, 3.05) is 26.2 Å². The van der Waals surface area contributed by atoms with Gasteiger partial charge in [-0.05, 0) is 31.0 Å². The SMILES string of the molecule is Cc1[nH]c(=O)[nH]c(=O)c1S(=O)(=O)N1CCN(C(=O)C2CC(c3ccc(F)cc3)NN2)CC1. The third-order valence-corrected chi connectivity index (χ3v) is 7.75. The monoisotopic (exact) mass is 466 g/mol. The smallest absolute Gasteiger partial charge is 0.325 e. The Hall–Kier alpha value is -2.87. The Labute approximate surface area is 182 Å². The van der Waals surface area contributed by atoms with Gasteiger partial charge >= 0.3 is 5.69 Å². The highest BCUT2D eigenvalue weighted by Gasteiger charge is 2.37. The van der Waals surface area contributed by atoms with Gasteiger partial charge in [-0.2, -0.15) is 4.31 Å². The number of halogens is 1. The van der Waals surface area contributed by atoms with Gasteiger partial charge in [0.05, 0.1) is 0 Å². The Kier molecular flexibility index (Phi) is 5.99. The second kappa shape index (κ2) is 8.58. The Bertz CT molecular complexity index is 1230. The number of amides is 1. The molecule has 0 radical (unpaired) electrons. The van der Waals surface area contributed by atoms with Crippen molar-refractivity contribution in [2.45, 2.75) is 30.3 Å². The number of sulfonamides is 1. The molecular formula is C19H23FN6O5S. The van der Waals surface area contributed by atoms with Gasteiger partial charge < -0.3 is 9.88 Å². The molecule has 0 spiro atoms. The van der Waals surface area contributed by atoms with Crippen molar-refractivity contribution in [1.29, 1.82) is 0 Å². The van der Waals surface area contributed by atoms with Crippen molar-refractivity contribution < 1.29 is 17.6 Å². The lowest BCUT2D eigenvalue weighted by molar-refractivity contribution is -0.134. The van der Waals surface area contributed by atoms with Crippen LogP contribution in [0.4, 0.5) is 4.39 Å². The highest BCUT2D eigenvalue weighted by molar-refractivity contribution is 7.89. The average Bonchev–Trinajstić information content (AvgIpc) is 3.23. The number of nitrogens with zero attached hydrogens (tertiary/aromatic N) is 2. The minimum absolute atomic E-state index is 0.0214. The maximum Gasteiger partial charge on any atom is 0.325 e. The van der Waals surface area contributed by atoms with Gasteiger partial charge in [0.2, 0.25) is 15.9 Å². The predicted molar refractivity (Wildman–Crippen MR) is 112 cm³/mol. The zero-order chi connectivity index (χ0) is 23.0. The molecule has 2 aromatic rings. The quantitative estimate of drug-likeness (QED) is 0.450. The molecule has 1 amide bonds. The molecule has 2 atom stereocenters. The zero-order valence-electron chi connectivity index (χ0n) is 17.2. The molecule has 1 aromatic heterocycles. The van der Waals surface area contributed by atoms with Gasteiger partial charge in [0, 0.05) is 37.9 Å². The Balaban J connectivity index is 1.39. The standard InChI is InChI=1S/C19H23FN6O5S/c1-11-16(17(27)22-19(29)21-11)32(30,31)26-8-6-25(7-9-26)18(28)15-10-14(23-24-15)12-2-4-13(20)5-3-12/h2-5,14-15,23-24H,6-10H2,1H3,(H2,21,22,27,29). The first-order valence-electron chi connectivity index (χ1n) is 10.1. The van der Waals surface area contributed by atoms with E-state index in [0.29, 0.717) is 6.42 Å². The molecule has 4 N–H and O–H groups in total. The Morgan fingerprint density at radius 2 is 1.69 bits per heavy atom. The maximum atomic E-state index is 13.1. The van der Waals surface area contributed by atoms with Crippen molar-refractivity contribution in [3.63, 3.8) is 0 Å². The molecule has 0 bridgehead atoms. The summed E-state index contributed by atoms with van der Waals surface area (Å²) < 4.78 is 40.1. The van der Waals surface area contributed by atoms with Gasteiger partial charge in [0.1, 0.15) is 11.9 Å². The van der Waals surface area contributed by atoms with Crippen LogP contribution in [0.15, 0.2) is 38.8 Å². The number of aryl methyl sites for hydroxylation is 1. The summed E-state index contributed by atoms with van der Waals surface area (Å²) >= 11 is 0. The molecule has 0 aliphatic carbocycles. The molecule has 2 aliphatic rings. The van der Waals surface area contributed by atoms with E-state index in [1.807, 2.05) is 4.98 Å². The predicted octanol–water partition coefficient (Wildman–Crippen LogP) is -1.05. The minimum atomic E-state index is -4.13. The lowest BCUT2D eigenvalue weighted by Gasteiger charge is -2.35. The number of rotatable bonds is 4. The highest BCUT2D eigenvalue weighted by atomic mass is 32.2. The third-order valence-electron chi connectivity index (χ3n) is 5.70. The molecular weight excluding hydrogens is 443 g/mol. The normalized spacial score (nSPS) is 22.2. The zero-order valence-corrected chi connectivity index (χ0v) is 18.0. The van der Waals surface area contributed by atoms with Gasteiger partial charge in [-0.3, -0.25) is 14.6 Å². The fourth-order valence-corrected chi connectivity index (χ4v) is 5.65. The van der Waals surface area contributed by atoms with E-state index in [4.69, 9.17) is 0 Å². The number of aromatic amines is 2. The van der Waals surface area contributed by atoms with Crippen LogP contribution in [0.25, 0.3) is 0 Å². The number of benzene rings is 1. The summed E-state index contributed by atoms with van der Waals surface area (Å²) in [6.07, 6.45) is 0.467. The summed E-state index contributed by atoms with van der Waals surface area (Å²) in [7, 11) is -4.13. The van der Waals surface area contributed by atoms with E-state index >= 15 is 0 Å². The van der Waals surface area contributed by atoms with E-state index in [9.17, 15) is 27.2 Å². The number of H-pyrrole nitrogens is 2. The summed E-state index contributed by atoms with van der Waals surface area (Å²) in [6.45, 7) is 1.72. The molecule has 0 saturated carbocycles. The number of aromatic nitrogens is 2. The van der Waals surface area contributed by atoms with Gasteiger partial charge in [-0.1, -0.05) is 12.1 Å². The second-order valence-electron chi connectivity index (χ2n) is 7.77. The summed E-state index contributed by atoms with van der Waals surface area (Å²) in [5.41, 5.74) is 5.06. The lowest BCUT2D eigenvalue weighted by Crippen LogP contribution is -2.55. The summed E-state index contributed by atoms with van der Waals surface area (Å²) in [6, 6.07) is 5.39. The number of hydrogen-bond acceptors (Lipinski definition) is 7. The van der Waals surface area contributed by atoms with E-state index in [1.54, 1.807) is 17.0 Å². The number of hydrazine groups is 1. The van der Waals surface area contributed by atoms with E-state index in [-0.39, 0.29) is 49.6 Å². The Morgan fingerprint density at radius 1 is 1.03 bits per heavy atom. The van der Waals surface area contributed by atoms with Crippen LogP contribution in [0.1, 0.15) is 23.7 Å². The van der Waals surface area contributed by atoms with Crippen LogP contribution in [0, 0.1) is 12.7 Å². The van der Waals surface area contributed by atoms with Crippen LogP contribution in [-0.4, -0.2) is 65.7 Å². The van der Waals surface area contributed by atoms with E-state index in [1.165, 1.54) is 19.1 Å². The van der Waals surface area contributed by atoms with Gasteiger partial charge in [0.25, 0.3) is 5.56 Å². The first kappa shape index (κ1) is 22.3. The summed E-state index contributed by atoms with van der Waals surface area (Å²) in [4.78, 5) is 41.6. The average molecular weight is 466 g/mol. The van der Waals surface area contributed by atoms with Crippen LogP contribution < -0.4 is 22.1 Å². The second-order valence-corrected chi connectivity index (χ2v) is 9.65.